The van der Waals surface area contributed by atoms with Crippen molar-refractivity contribution in [3.63, 3.8) is 0 Å². The van der Waals surface area contributed by atoms with Crippen LogP contribution in [0.15, 0.2) is 59.8 Å². The summed E-state index contributed by atoms with van der Waals surface area (Å²) in [5.41, 5.74) is 1.28. The summed E-state index contributed by atoms with van der Waals surface area (Å²) in [6, 6.07) is 17.3. The Balaban J connectivity index is 1.63. The fourth-order valence-electron chi connectivity index (χ4n) is 2.29. The van der Waals surface area contributed by atoms with E-state index in [1.807, 2.05) is 54.6 Å². The molecule has 0 fully saturated rings. The normalized spacial score (nSPS) is 19.8. The lowest BCUT2D eigenvalue weighted by Crippen LogP contribution is -2.35. The number of benzene rings is 2. The number of oxime groups is 1. The smallest absolute Gasteiger partial charge is 0.351 e. The molecular weight excluding hydrogens is 294 g/mol. The van der Waals surface area contributed by atoms with Crippen LogP contribution in [0.25, 0.3) is 0 Å². The van der Waals surface area contributed by atoms with E-state index < -0.39 is 11.6 Å². The van der Waals surface area contributed by atoms with Crippen LogP contribution >= 0.6 is 0 Å². The van der Waals surface area contributed by atoms with Crippen LogP contribution in [0, 0.1) is 0 Å². The van der Waals surface area contributed by atoms with E-state index in [-0.39, 0.29) is 6.42 Å². The lowest BCUT2D eigenvalue weighted by Gasteiger charge is -2.14. The Labute approximate surface area is 134 Å². The van der Waals surface area contributed by atoms with Gasteiger partial charge in [0.05, 0.1) is 5.71 Å². The van der Waals surface area contributed by atoms with Crippen molar-refractivity contribution in [2.24, 2.45) is 5.16 Å². The molecule has 0 amide bonds. The largest absolute Gasteiger partial charge is 0.489 e. The monoisotopic (exact) mass is 311 g/mol. The van der Waals surface area contributed by atoms with Crippen LogP contribution in [0.4, 0.5) is 0 Å². The number of carboxylic acids is 1. The van der Waals surface area contributed by atoms with Gasteiger partial charge in [0, 0.05) is 6.42 Å². The van der Waals surface area contributed by atoms with Crippen molar-refractivity contribution in [3.05, 3.63) is 65.7 Å². The van der Waals surface area contributed by atoms with Gasteiger partial charge in [-0.25, -0.2) is 4.79 Å². The first-order valence-electron chi connectivity index (χ1n) is 7.32. The number of hydrogen-bond acceptors (Lipinski definition) is 4. The first-order chi connectivity index (χ1) is 11.1. The highest BCUT2D eigenvalue weighted by Gasteiger charge is 2.42. The number of nitrogens with zero attached hydrogens (tertiary/aromatic N) is 1. The minimum absolute atomic E-state index is 0.243. The molecule has 0 bridgehead atoms. The number of carboxylic acid groups (broad SMARTS) is 1. The van der Waals surface area contributed by atoms with E-state index in [0.29, 0.717) is 12.3 Å². The van der Waals surface area contributed by atoms with Crippen molar-refractivity contribution in [3.8, 4) is 5.75 Å². The van der Waals surface area contributed by atoms with Crippen molar-refractivity contribution in [1.29, 1.82) is 0 Å². The first kappa shape index (κ1) is 15.1. The number of carbonyl (C=O) groups is 1. The highest BCUT2D eigenvalue weighted by atomic mass is 16.7. The molecule has 0 aliphatic carbocycles. The number of ether oxygens (including phenoxy) is 1. The molecule has 5 nitrogen and oxygen atoms in total. The van der Waals surface area contributed by atoms with Crippen LogP contribution < -0.4 is 4.74 Å². The van der Waals surface area contributed by atoms with Crippen LogP contribution in [0.2, 0.25) is 0 Å². The molecule has 1 heterocycles. The molecule has 1 aliphatic rings. The molecular formula is C18H17NO4. The van der Waals surface area contributed by atoms with Gasteiger partial charge in [0.1, 0.15) is 12.4 Å². The van der Waals surface area contributed by atoms with Gasteiger partial charge in [-0.2, -0.15) is 0 Å². The summed E-state index contributed by atoms with van der Waals surface area (Å²) in [7, 11) is 0. The number of aliphatic carboxylic acids is 1. The maximum absolute atomic E-state index is 11.2. The molecule has 23 heavy (non-hydrogen) atoms. The molecule has 1 atom stereocenters. The molecule has 0 radical (unpaired) electrons. The Morgan fingerprint density at radius 3 is 2.52 bits per heavy atom. The number of rotatable bonds is 5. The zero-order valence-corrected chi connectivity index (χ0v) is 12.7. The SMILES string of the molecule is CC1(C(=O)O)CC(c2ccc(OCc3ccccc3)cc2)=NO1. The molecule has 2 aromatic carbocycles. The maximum Gasteiger partial charge on any atom is 0.351 e. The standard InChI is InChI=1S/C18H17NO4/c1-18(17(20)21)11-16(19-23-18)14-7-9-15(10-8-14)22-12-13-5-3-2-4-6-13/h2-10H,11-12H2,1H3,(H,20,21). The average molecular weight is 311 g/mol. The molecule has 0 saturated heterocycles. The van der Waals surface area contributed by atoms with Crippen LogP contribution in [0.3, 0.4) is 0 Å². The molecule has 118 valence electrons. The minimum Gasteiger partial charge on any atom is -0.489 e. The van der Waals surface area contributed by atoms with Crippen molar-refractivity contribution in [2.75, 3.05) is 0 Å². The summed E-state index contributed by atoms with van der Waals surface area (Å²) in [5, 5.41) is 13.0. The predicted molar refractivity (Wildman–Crippen MR) is 85.5 cm³/mol. The molecule has 1 N–H and O–H groups in total. The van der Waals surface area contributed by atoms with Crippen LogP contribution in [-0.4, -0.2) is 22.4 Å². The van der Waals surface area contributed by atoms with Gasteiger partial charge in [0.2, 0.25) is 5.60 Å². The highest BCUT2D eigenvalue weighted by molar-refractivity contribution is 6.04. The quantitative estimate of drug-likeness (QED) is 0.920. The Hall–Kier alpha value is -2.82. The van der Waals surface area contributed by atoms with Gasteiger partial charge in [-0.05, 0) is 42.3 Å². The van der Waals surface area contributed by atoms with Gasteiger partial charge >= 0.3 is 5.97 Å². The predicted octanol–water partition coefficient (Wildman–Crippen LogP) is 3.23. The Bertz CT molecular complexity index is 724. The van der Waals surface area contributed by atoms with Crippen LogP contribution in [0.1, 0.15) is 24.5 Å². The zero-order chi connectivity index (χ0) is 16.3. The zero-order valence-electron chi connectivity index (χ0n) is 12.7. The summed E-state index contributed by atoms with van der Waals surface area (Å²) in [4.78, 5) is 16.2. The summed E-state index contributed by atoms with van der Waals surface area (Å²) < 4.78 is 5.72. The van der Waals surface area contributed by atoms with E-state index in [2.05, 4.69) is 5.16 Å². The Morgan fingerprint density at radius 2 is 1.91 bits per heavy atom. The van der Waals surface area contributed by atoms with E-state index >= 15 is 0 Å². The second kappa shape index (κ2) is 6.12. The van der Waals surface area contributed by atoms with Gasteiger partial charge in [0.15, 0.2) is 0 Å². The van der Waals surface area contributed by atoms with E-state index in [9.17, 15) is 4.79 Å². The van der Waals surface area contributed by atoms with Crippen LogP contribution in [0.5, 0.6) is 5.75 Å². The van der Waals surface area contributed by atoms with Gasteiger partial charge in [-0.1, -0.05) is 35.5 Å². The molecule has 1 aliphatic heterocycles. The Morgan fingerprint density at radius 1 is 1.22 bits per heavy atom. The minimum atomic E-state index is -1.28. The second-order valence-corrected chi connectivity index (χ2v) is 5.64. The van der Waals surface area contributed by atoms with Crippen molar-refractivity contribution < 1.29 is 19.5 Å². The molecule has 3 rings (SSSR count). The third kappa shape index (κ3) is 3.34. The van der Waals surface area contributed by atoms with Crippen molar-refractivity contribution in [1.82, 2.24) is 0 Å². The van der Waals surface area contributed by atoms with Crippen molar-refractivity contribution >= 4 is 11.7 Å². The van der Waals surface area contributed by atoms with Gasteiger partial charge < -0.3 is 14.7 Å². The topological polar surface area (TPSA) is 68.1 Å². The molecule has 2 aromatic rings. The molecule has 1 unspecified atom stereocenters. The highest BCUT2D eigenvalue weighted by Crippen LogP contribution is 2.27. The van der Waals surface area contributed by atoms with E-state index in [4.69, 9.17) is 14.7 Å². The molecule has 0 spiro atoms. The van der Waals surface area contributed by atoms with Gasteiger partial charge in [-0.15, -0.1) is 0 Å². The van der Waals surface area contributed by atoms with Crippen molar-refractivity contribution in [2.45, 2.75) is 25.6 Å². The Kier molecular flexibility index (Phi) is 4.02. The second-order valence-electron chi connectivity index (χ2n) is 5.64. The summed E-state index contributed by atoms with van der Waals surface area (Å²) in [5.74, 6) is -0.267. The molecule has 0 aromatic heterocycles. The van der Waals surface area contributed by atoms with E-state index in [1.54, 1.807) is 0 Å². The third-order valence-corrected chi connectivity index (χ3v) is 3.75. The first-order valence-corrected chi connectivity index (χ1v) is 7.32. The van der Waals surface area contributed by atoms with Gasteiger partial charge in [-0.3, -0.25) is 0 Å². The lowest BCUT2D eigenvalue weighted by atomic mass is 9.96. The average Bonchev–Trinajstić information content (AvgIpc) is 2.98. The molecule has 0 saturated carbocycles. The summed E-state index contributed by atoms with van der Waals surface area (Å²) in [6.07, 6.45) is 0.243. The maximum atomic E-state index is 11.2. The number of hydrogen-bond donors (Lipinski definition) is 1. The van der Waals surface area contributed by atoms with Crippen LogP contribution in [-0.2, 0) is 16.2 Å². The molecule has 5 heteroatoms. The summed E-state index contributed by atoms with van der Waals surface area (Å²) >= 11 is 0. The van der Waals surface area contributed by atoms with E-state index in [1.165, 1.54) is 6.92 Å². The van der Waals surface area contributed by atoms with E-state index in [0.717, 1.165) is 16.9 Å². The third-order valence-electron chi connectivity index (χ3n) is 3.75. The fourth-order valence-corrected chi connectivity index (χ4v) is 2.29. The fraction of sp³-hybridized carbons (Fsp3) is 0.222. The van der Waals surface area contributed by atoms with Gasteiger partial charge in [0.25, 0.3) is 0 Å². The summed E-state index contributed by atoms with van der Waals surface area (Å²) in [6.45, 7) is 2.02. The lowest BCUT2D eigenvalue weighted by molar-refractivity contribution is -0.160.